The fourth-order valence-corrected chi connectivity index (χ4v) is 2.22. The van der Waals surface area contributed by atoms with E-state index in [-0.39, 0.29) is 6.10 Å². The Kier molecular flexibility index (Phi) is 3.60. The Balaban J connectivity index is 1.62. The van der Waals surface area contributed by atoms with E-state index < -0.39 is 0 Å². The number of para-hydroxylation sites is 1. The first-order chi connectivity index (χ1) is 9.31. The SMILES string of the molecule is Brc1ccc2c(c1)O[C@@H](COc1ccccc1)CO2. The van der Waals surface area contributed by atoms with Crippen LogP contribution in [0.15, 0.2) is 53.0 Å². The minimum atomic E-state index is -0.0954. The van der Waals surface area contributed by atoms with E-state index in [2.05, 4.69) is 15.9 Å². The molecule has 0 bridgehead atoms. The van der Waals surface area contributed by atoms with Gasteiger partial charge < -0.3 is 14.2 Å². The lowest BCUT2D eigenvalue weighted by atomic mass is 10.2. The van der Waals surface area contributed by atoms with Crippen molar-refractivity contribution in [3.8, 4) is 17.2 Å². The molecule has 0 N–H and O–H groups in total. The summed E-state index contributed by atoms with van der Waals surface area (Å²) in [7, 11) is 0. The van der Waals surface area contributed by atoms with Crippen LogP contribution in [0.5, 0.6) is 17.2 Å². The van der Waals surface area contributed by atoms with Crippen LogP contribution in [0.1, 0.15) is 0 Å². The van der Waals surface area contributed by atoms with Crippen LogP contribution in [0.3, 0.4) is 0 Å². The molecule has 4 heteroatoms. The highest BCUT2D eigenvalue weighted by atomic mass is 79.9. The summed E-state index contributed by atoms with van der Waals surface area (Å²) in [6.45, 7) is 0.970. The fraction of sp³-hybridized carbons (Fsp3) is 0.200. The molecule has 0 saturated heterocycles. The van der Waals surface area contributed by atoms with Gasteiger partial charge in [0.1, 0.15) is 19.0 Å². The van der Waals surface area contributed by atoms with Gasteiger partial charge in [0.05, 0.1) is 0 Å². The van der Waals surface area contributed by atoms with Crippen LogP contribution in [0, 0.1) is 0 Å². The van der Waals surface area contributed by atoms with Crippen LogP contribution in [-0.2, 0) is 0 Å². The molecule has 1 heterocycles. The Morgan fingerprint density at radius 1 is 1.11 bits per heavy atom. The highest BCUT2D eigenvalue weighted by Gasteiger charge is 2.21. The molecule has 0 amide bonds. The van der Waals surface area contributed by atoms with E-state index in [1.807, 2.05) is 48.5 Å². The first-order valence-corrected chi connectivity index (χ1v) is 6.87. The highest BCUT2D eigenvalue weighted by Crippen LogP contribution is 2.34. The molecule has 0 fully saturated rings. The number of hydrogen-bond donors (Lipinski definition) is 0. The van der Waals surface area contributed by atoms with Gasteiger partial charge in [0.2, 0.25) is 0 Å². The van der Waals surface area contributed by atoms with Gasteiger partial charge in [-0.3, -0.25) is 0 Å². The Labute approximate surface area is 120 Å². The van der Waals surface area contributed by atoms with Gasteiger partial charge in [-0.05, 0) is 30.3 Å². The van der Waals surface area contributed by atoms with Crippen molar-refractivity contribution in [3.63, 3.8) is 0 Å². The minimum Gasteiger partial charge on any atom is -0.490 e. The van der Waals surface area contributed by atoms with Crippen LogP contribution < -0.4 is 14.2 Å². The van der Waals surface area contributed by atoms with Gasteiger partial charge in [0.15, 0.2) is 17.6 Å². The molecule has 0 aliphatic carbocycles. The van der Waals surface area contributed by atoms with Crippen LogP contribution in [0.25, 0.3) is 0 Å². The fourth-order valence-electron chi connectivity index (χ4n) is 1.88. The number of ether oxygens (including phenoxy) is 3. The predicted octanol–water partition coefficient (Wildman–Crippen LogP) is 3.67. The predicted molar refractivity (Wildman–Crippen MR) is 76.0 cm³/mol. The zero-order valence-electron chi connectivity index (χ0n) is 10.2. The standard InChI is InChI=1S/C15H13BrO3/c16-11-6-7-14-15(8-11)19-13(10-18-14)9-17-12-4-2-1-3-5-12/h1-8,13H,9-10H2/t13-/m0/s1. The van der Waals surface area contributed by atoms with Crippen molar-refractivity contribution < 1.29 is 14.2 Å². The number of halogens is 1. The molecule has 1 atom stereocenters. The molecule has 2 aromatic carbocycles. The molecule has 0 radical (unpaired) electrons. The summed E-state index contributed by atoms with van der Waals surface area (Å²) in [6.07, 6.45) is -0.0954. The summed E-state index contributed by atoms with van der Waals surface area (Å²) in [5, 5.41) is 0. The van der Waals surface area contributed by atoms with E-state index in [9.17, 15) is 0 Å². The molecule has 1 aliphatic heterocycles. The van der Waals surface area contributed by atoms with E-state index >= 15 is 0 Å². The summed E-state index contributed by atoms with van der Waals surface area (Å²) < 4.78 is 18.2. The zero-order chi connectivity index (χ0) is 13.1. The first-order valence-electron chi connectivity index (χ1n) is 6.08. The maximum atomic E-state index is 5.85. The molecular formula is C15H13BrO3. The molecule has 3 nitrogen and oxygen atoms in total. The van der Waals surface area contributed by atoms with Gasteiger partial charge in [-0.25, -0.2) is 0 Å². The third-order valence-corrected chi connectivity index (χ3v) is 3.30. The average molecular weight is 321 g/mol. The van der Waals surface area contributed by atoms with E-state index in [0.29, 0.717) is 13.2 Å². The van der Waals surface area contributed by atoms with Crippen molar-refractivity contribution in [2.45, 2.75) is 6.10 Å². The second-order valence-corrected chi connectivity index (χ2v) is 5.18. The van der Waals surface area contributed by atoms with Crippen molar-refractivity contribution in [2.75, 3.05) is 13.2 Å². The summed E-state index contributed by atoms with van der Waals surface area (Å²) in [5.74, 6) is 2.37. The van der Waals surface area contributed by atoms with Crippen molar-refractivity contribution in [1.82, 2.24) is 0 Å². The van der Waals surface area contributed by atoms with E-state index in [1.165, 1.54) is 0 Å². The zero-order valence-corrected chi connectivity index (χ0v) is 11.8. The Hall–Kier alpha value is -1.68. The third kappa shape index (κ3) is 3.01. The number of rotatable bonds is 3. The van der Waals surface area contributed by atoms with E-state index in [4.69, 9.17) is 14.2 Å². The van der Waals surface area contributed by atoms with E-state index in [1.54, 1.807) is 0 Å². The molecular weight excluding hydrogens is 308 g/mol. The molecule has 1 aliphatic rings. The van der Waals surface area contributed by atoms with Crippen molar-refractivity contribution in [1.29, 1.82) is 0 Å². The second kappa shape index (κ2) is 5.53. The lowest BCUT2D eigenvalue weighted by molar-refractivity contribution is 0.0535. The molecule has 0 unspecified atom stereocenters. The second-order valence-electron chi connectivity index (χ2n) is 4.27. The maximum Gasteiger partial charge on any atom is 0.166 e. The van der Waals surface area contributed by atoms with Gasteiger partial charge >= 0.3 is 0 Å². The third-order valence-electron chi connectivity index (χ3n) is 2.80. The normalized spacial score (nSPS) is 17.0. The largest absolute Gasteiger partial charge is 0.490 e. The summed E-state index contributed by atoms with van der Waals surface area (Å²) in [6, 6.07) is 15.4. The van der Waals surface area contributed by atoms with Gasteiger partial charge in [-0.15, -0.1) is 0 Å². The lowest BCUT2D eigenvalue weighted by Gasteiger charge is -2.26. The smallest absolute Gasteiger partial charge is 0.166 e. The van der Waals surface area contributed by atoms with Gasteiger partial charge in [-0.1, -0.05) is 34.1 Å². The number of hydrogen-bond acceptors (Lipinski definition) is 3. The molecule has 0 spiro atoms. The van der Waals surface area contributed by atoms with Crippen molar-refractivity contribution in [2.24, 2.45) is 0 Å². The van der Waals surface area contributed by atoms with Crippen molar-refractivity contribution in [3.05, 3.63) is 53.0 Å². The number of fused-ring (bicyclic) bond motifs is 1. The van der Waals surface area contributed by atoms with Crippen molar-refractivity contribution >= 4 is 15.9 Å². The van der Waals surface area contributed by atoms with Gasteiger partial charge in [0, 0.05) is 4.47 Å². The van der Waals surface area contributed by atoms with Crippen LogP contribution >= 0.6 is 15.9 Å². The first kappa shape index (κ1) is 12.4. The minimum absolute atomic E-state index is 0.0954. The van der Waals surface area contributed by atoms with Gasteiger partial charge in [-0.2, -0.15) is 0 Å². The van der Waals surface area contributed by atoms with E-state index in [0.717, 1.165) is 21.7 Å². The molecule has 0 aromatic heterocycles. The number of benzene rings is 2. The molecule has 19 heavy (non-hydrogen) atoms. The Morgan fingerprint density at radius 2 is 1.95 bits per heavy atom. The Bertz CT molecular complexity index is 557. The lowest BCUT2D eigenvalue weighted by Crippen LogP contribution is -2.34. The average Bonchev–Trinajstić information content (AvgIpc) is 2.46. The quantitative estimate of drug-likeness (QED) is 0.863. The summed E-state index contributed by atoms with van der Waals surface area (Å²) in [4.78, 5) is 0. The summed E-state index contributed by atoms with van der Waals surface area (Å²) in [5.41, 5.74) is 0. The highest BCUT2D eigenvalue weighted by molar-refractivity contribution is 9.10. The Morgan fingerprint density at radius 3 is 2.79 bits per heavy atom. The van der Waals surface area contributed by atoms with Crippen LogP contribution in [0.4, 0.5) is 0 Å². The molecule has 2 aromatic rings. The van der Waals surface area contributed by atoms with Crippen LogP contribution in [0.2, 0.25) is 0 Å². The topological polar surface area (TPSA) is 27.7 Å². The van der Waals surface area contributed by atoms with Crippen LogP contribution in [-0.4, -0.2) is 19.3 Å². The monoisotopic (exact) mass is 320 g/mol. The summed E-state index contributed by atoms with van der Waals surface area (Å²) >= 11 is 3.42. The molecule has 98 valence electrons. The molecule has 3 rings (SSSR count). The molecule has 0 saturated carbocycles. The van der Waals surface area contributed by atoms with Gasteiger partial charge in [0.25, 0.3) is 0 Å². The maximum absolute atomic E-state index is 5.85.